The third-order valence-electron chi connectivity index (χ3n) is 1.89. The molecule has 14 heavy (non-hydrogen) atoms. The molecule has 0 saturated heterocycles. The summed E-state index contributed by atoms with van der Waals surface area (Å²) >= 11 is 0. The molecule has 0 aliphatic carbocycles. The van der Waals surface area contributed by atoms with Gasteiger partial charge >= 0.3 is 0 Å². The molecule has 0 aromatic carbocycles. The standard InChI is InChI=1S/C9H11N5/c1-6-12-9(14-13-6)8-3-2-7(4-10)5-11-8/h2-3,5H,4,10H2,1H3,(H,12,13,14). The van der Waals surface area contributed by atoms with Gasteiger partial charge in [0.2, 0.25) is 0 Å². The molecule has 5 nitrogen and oxygen atoms in total. The van der Waals surface area contributed by atoms with Crippen molar-refractivity contribution in [1.82, 2.24) is 20.2 Å². The van der Waals surface area contributed by atoms with Crippen molar-refractivity contribution >= 4 is 0 Å². The lowest BCUT2D eigenvalue weighted by Crippen LogP contribution is -1.97. The van der Waals surface area contributed by atoms with Crippen molar-refractivity contribution in [2.24, 2.45) is 5.73 Å². The maximum absolute atomic E-state index is 5.47. The number of aromatic nitrogens is 4. The third kappa shape index (κ3) is 1.62. The van der Waals surface area contributed by atoms with Crippen LogP contribution >= 0.6 is 0 Å². The lowest BCUT2D eigenvalue weighted by Gasteiger charge is -1.96. The van der Waals surface area contributed by atoms with Gasteiger partial charge in [-0.3, -0.25) is 10.1 Å². The molecular formula is C9H11N5. The van der Waals surface area contributed by atoms with E-state index in [1.54, 1.807) is 6.20 Å². The van der Waals surface area contributed by atoms with Crippen LogP contribution < -0.4 is 5.73 Å². The summed E-state index contributed by atoms with van der Waals surface area (Å²) < 4.78 is 0. The van der Waals surface area contributed by atoms with E-state index in [-0.39, 0.29) is 0 Å². The van der Waals surface area contributed by atoms with Crippen LogP contribution in [0.5, 0.6) is 0 Å². The Morgan fingerprint density at radius 2 is 2.29 bits per heavy atom. The monoisotopic (exact) mass is 189 g/mol. The van der Waals surface area contributed by atoms with Crippen molar-refractivity contribution in [3.63, 3.8) is 0 Å². The minimum atomic E-state index is 0.500. The van der Waals surface area contributed by atoms with E-state index >= 15 is 0 Å². The zero-order valence-electron chi connectivity index (χ0n) is 7.86. The van der Waals surface area contributed by atoms with Crippen molar-refractivity contribution < 1.29 is 0 Å². The lowest BCUT2D eigenvalue weighted by atomic mass is 10.2. The Morgan fingerprint density at radius 1 is 1.43 bits per heavy atom. The van der Waals surface area contributed by atoms with E-state index in [1.165, 1.54) is 0 Å². The molecule has 0 amide bonds. The molecule has 2 heterocycles. The van der Waals surface area contributed by atoms with Crippen LogP contribution in [0.25, 0.3) is 11.5 Å². The first-order valence-electron chi connectivity index (χ1n) is 4.34. The molecule has 0 aliphatic rings. The van der Waals surface area contributed by atoms with Gasteiger partial charge in [0.1, 0.15) is 11.5 Å². The number of pyridine rings is 1. The highest BCUT2D eigenvalue weighted by molar-refractivity contribution is 5.48. The Kier molecular flexibility index (Phi) is 2.24. The van der Waals surface area contributed by atoms with Gasteiger partial charge < -0.3 is 5.73 Å². The number of nitrogens with zero attached hydrogens (tertiary/aromatic N) is 3. The number of aryl methyl sites for hydroxylation is 1. The van der Waals surface area contributed by atoms with Crippen LogP contribution in [0.1, 0.15) is 11.4 Å². The quantitative estimate of drug-likeness (QED) is 0.726. The summed E-state index contributed by atoms with van der Waals surface area (Å²) in [5, 5.41) is 6.78. The third-order valence-corrected chi connectivity index (χ3v) is 1.89. The smallest absolute Gasteiger partial charge is 0.199 e. The minimum absolute atomic E-state index is 0.500. The van der Waals surface area contributed by atoms with Gasteiger partial charge in [0.25, 0.3) is 0 Å². The number of hydrogen-bond donors (Lipinski definition) is 2. The van der Waals surface area contributed by atoms with Gasteiger partial charge in [-0.2, -0.15) is 5.10 Å². The Morgan fingerprint density at radius 3 is 2.79 bits per heavy atom. The van der Waals surface area contributed by atoms with Crippen LogP contribution in [0.2, 0.25) is 0 Å². The van der Waals surface area contributed by atoms with Crippen molar-refractivity contribution in [1.29, 1.82) is 0 Å². The first-order chi connectivity index (χ1) is 6.79. The molecule has 2 rings (SSSR count). The molecule has 0 radical (unpaired) electrons. The number of nitrogens with two attached hydrogens (primary N) is 1. The predicted octanol–water partition coefficient (Wildman–Crippen LogP) is 0.634. The molecule has 0 aliphatic heterocycles. The summed E-state index contributed by atoms with van der Waals surface area (Å²) in [6.45, 7) is 2.35. The highest BCUT2D eigenvalue weighted by Crippen LogP contribution is 2.11. The zero-order chi connectivity index (χ0) is 9.97. The second-order valence-corrected chi connectivity index (χ2v) is 3.00. The van der Waals surface area contributed by atoms with E-state index in [0.717, 1.165) is 17.1 Å². The van der Waals surface area contributed by atoms with E-state index < -0.39 is 0 Å². The molecule has 0 bridgehead atoms. The van der Waals surface area contributed by atoms with Gasteiger partial charge in [-0.05, 0) is 18.6 Å². The topological polar surface area (TPSA) is 80.5 Å². The Bertz CT molecular complexity index is 417. The molecule has 0 fully saturated rings. The van der Waals surface area contributed by atoms with Gasteiger partial charge in [-0.25, -0.2) is 4.98 Å². The lowest BCUT2D eigenvalue weighted by molar-refractivity contribution is 1.03. The highest BCUT2D eigenvalue weighted by Gasteiger charge is 2.03. The predicted molar refractivity (Wildman–Crippen MR) is 52.2 cm³/mol. The van der Waals surface area contributed by atoms with Crippen LogP contribution in [0.3, 0.4) is 0 Å². The summed E-state index contributed by atoms with van der Waals surface area (Å²) in [7, 11) is 0. The number of nitrogens with one attached hydrogen (secondary N) is 1. The summed E-state index contributed by atoms with van der Waals surface area (Å²) in [6, 6.07) is 3.79. The van der Waals surface area contributed by atoms with Gasteiger partial charge in [0, 0.05) is 12.7 Å². The fraction of sp³-hybridized carbons (Fsp3) is 0.222. The Labute approximate surface area is 81.4 Å². The van der Waals surface area contributed by atoms with E-state index in [0.29, 0.717) is 12.4 Å². The van der Waals surface area contributed by atoms with Gasteiger partial charge in [-0.15, -0.1) is 0 Å². The maximum Gasteiger partial charge on any atom is 0.199 e. The molecule has 0 saturated carbocycles. The average molecular weight is 189 g/mol. The van der Waals surface area contributed by atoms with Crippen LogP contribution in [-0.2, 0) is 6.54 Å². The van der Waals surface area contributed by atoms with E-state index in [4.69, 9.17) is 5.73 Å². The normalized spacial score (nSPS) is 10.4. The second kappa shape index (κ2) is 3.55. The number of H-pyrrole nitrogens is 1. The van der Waals surface area contributed by atoms with Gasteiger partial charge in [0.15, 0.2) is 5.82 Å². The summed E-state index contributed by atoms with van der Waals surface area (Å²) in [5.74, 6) is 1.40. The van der Waals surface area contributed by atoms with Gasteiger partial charge in [0.05, 0.1) is 0 Å². The molecular weight excluding hydrogens is 178 g/mol. The molecule has 72 valence electrons. The SMILES string of the molecule is Cc1nc(-c2ccc(CN)cn2)n[nH]1. The number of hydrogen-bond acceptors (Lipinski definition) is 4. The summed E-state index contributed by atoms with van der Waals surface area (Å²) in [5.41, 5.74) is 7.22. The first-order valence-corrected chi connectivity index (χ1v) is 4.34. The molecule has 0 spiro atoms. The summed E-state index contributed by atoms with van der Waals surface area (Å²) in [6.07, 6.45) is 1.74. The number of aromatic amines is 1. The number of rotatable bonds is 2. The van der Waals surface area contributed by atoms with E-state index in [9.17, 15) is 0 Å². The van der Waals surface area contributed by atoms with Crippen LogP contribution in [0.4, 0.5) is 0 Å². The molecule has 0 atom stereocenters. The first kappa shape index (κ1) is 8.83. The minimum Gasteiger partial charge on any atom is -0.326 e. The molecule has 5 heteroatoms. The molecule has 2 aromatic heterocycles. The van der Waals surface area contributed by atoms with Crippen molar-refractivity contribution in [3.05, 3.63) is 29.7 Å². The van der Waals surface area contributed by atoms with Crippen molar-refractivity contribution in [3.8, 4) is 11.5 Å². The zero-order valence-corrected chi connectivity index (χ0v) is 7.86. The fourth-order valence-electron chi connectivity index (χ4n) is 1.13. The Hall–Kier alpha value is -1.75. The Balaban J connectivity index is 2.33. The van der Waals surface area contributed by atoms with Crippen molar-refractivity contribution in [2.75, 3.05) is 0 Å². The van der Waals surface area contributed by atoms with E-state index in [1.807, 2.05) is 19.1 Å². The van der Waals surface area contributed by atoms with Gasteiger partial charge in [-0.1, -0.05) is 6.07 Å². The molecule has 0 unspecified atom stereocenters. The van der Waals surface area contributed by atoms with Crippen LogP contribution in [0.15, 0.2) is 18.3 Å². The van der Waals surface area contributed by atoms with Crippen LogP contribution in [-0.4, -0.2) is 20.2 Å². The maximum atomic E-state index is 5.47. The average Bonchev–Trinajstić information content (AvgIpc) is 2.65. The van der Waals surface area contributed by atoms with E-state index in [2.05, 4.69) is 20.2 Å². The second-order valence-electron chi connectivity index (χ2n) is 3.00. The fourth-order valence-corrected chi connectivity index (χ4v) is 1.13. The van der Waals surface area contributed by atoms with Crippen LogP contribution in [0, 0.1) is 6.92 Å². The summed E-state index contributed by atoms with van der Waals surface area (Å²) in [4.78, 5) is 8.38. The molecule has 3 N–H and O–H groups in total. The highest BCUT2D eigenvalue weighted by atomic mass is 15.2. The largest absolute Gasteiger partial charge is 0.326 e. The van der Waals surface area contributed by atoms with Crippen molar-refractivity contribution in [2.45, 2.75) is 13.5 Å². The molecule has 2 aromatic rings.